The van der Waals surface area contributed by atoms with Crippen molar-refractivity contribution in [2.24, 2.45) is 0 Å². The van der Waals surface area contributed by atoms with Gasteiger partial charge in [-0.3, -0.25) is 0 Å². The van der Waals surface area contributed by atoms with Gasteiger partial charge in [0.1, 0.15) is 0 Å². The summed E-state index contributed by atoms with van der Waals surface area (Å²) in [5, 5.41) is 3.30. The number of hydrogen-bond acceptors (Lipinski definition) is 5. The molecule has 1 heterocycles. The number of rotatable bonds is 4. The quantitative estimate of drug-likeness (QED) is 0.888. The third kappa shape index (κ3) is 3.39. The van der Waals surface area contributed by atoms with Gasteiger partial charge in [-0.15, -0.1) is 0 Å². The first-order valence-corrected chi connectivity index (χ1v) is 10.2. The van der Waals surface area contributed by atoms with Gasteiger partial charge >= 0.3 is 0 Å². The monoisotopic (exact) mass is 317 g/mol. The molecule has 0 bridgehead atoms. The highest BCUT2D eigenvalue weighted by molar-refractivity contribution is 7.93. The third-order valence-electron chi connectivity index (χ3n) is 3.46. The smallest absolute Gasteiger partial charge is 0.177 e. The molecule has 1 aromatic carbocycles. The van der Waals surface area contributed by atoms with E-state index in [1.807, 2.05) is 0 Å². The lowest BCUT2D eigenvalue weighted by Crippen LogP contribution is -2.25. The minimum atomic E-state index is -3.60. The molecule has 1 aromatic rings. The van der Waals surface area contributed by atoms with Crippen LogP contribution < -0.4 is 5.32 Å². The van der Waals surface area contributed by atoms with Crippen LogP contribution in [-0.4, -0.2) is 41.9 Å². The first-order valence-electron chi connectivity index (χ1n) is 6.45. The lowest BCUT2D eigenvalue weighted by atomic mass is 10.0. The first kappa shape index (κ1) is 15.5. The Morgan fingerprint density at radius 2 is 1.85 bits per heavy atom. The lowest BCUT2D eigenvalue weighted by Gasteiger charge is -2.15. The molecule has 0 amide bonds. The number of benzene rings is 1. The predicted octanol–water partition coefficient (Wildman–Crippen LogP) is 0.788. The van der Waals surface area contributed by atoms with Gasteiger partial charge in [0, 0.05) is 18.6 Å². The molecule has 112 valence electrons. The molecule has 20 heavy (non-hydrogen) atoms. The molecule has 1 saturated heterocycles. The lowest BCUT2D eigenvalue weighted by molar-refractivity contribution is 0.575. The van der Waals surface area contributed by atoms with E-state index < -0.39 is 19.7 Å². The summed E-state index contributed by atoms with van der Waals surface area (Å²) in [6.07, 6.45) is 4.67. The topological polar surface area (TPSA) is 80.3 Å². The van der Waals surface area contributed by atoms with Gasteiger partial charge in [0.2, 0.25) is 0 Å². The second kappa shape index (κ2) is 5.46. The summed E-state index contributed by atoms with van der Waals surface area (Å²) in [5.41, 5.74) is 0.579. The van der Waals surface area contributed by atoms with Crippen LogP contribution in [0.5, 0.6) is 0 Å². The molecule has 5 nitrogen and oxygen atoms in total. The van der Waals surface area contributed by atoms with E-state index in [1.54, 1.807) is 12.1 Å². The van der Waals surface area contributed by atoms with Crippen LogP contribution in [0.1, 0.15) is 18.4 Å². The van der Waals surface area contributed by atoms with E-state index >= 15 is 0 Å². The molecule has 1 atom stereocenters. The molecular weight excluding hydrogens is 298 g/mol. The zero-order valence-corrected chi connectivity index (χ0v) is 13.2. The van der Waals surface area contributed by atoms with Gasteiger partial charge in [0.15, 0.2) is 19.7 Å². The van der Waals surface area contributed by atoms with Crippen LogP contribution in [0.2, 0.25) is 0 Å². The van der Waals surface area contributed by atoms with E-state index in [4.69, 9.17) is 0 Å². The van der Waals surface area contributed by atoms with E-state index in [0.29, 0.717) is 12.0 Å². The van der Waals surface area contributed by atoms with Gasteiger partial charge in [0.05, 0.1) is 9.79 Å². The summed E-state index contributed by atoms with van der Waals surface area (Å²) in [7, 11) is -7.17. The number of nitrogens with one attached hydrogen (secondary N) is 1. The van der Waals surface area contributed by atoms with E-state index in [2.05, 4.69) is 5.32 Å². The van der Waals surface area contributed by atoms with Crippen LogP contribution in [-0.2, 0) is 26.1 Å². The Kier molecular flexibility index (Phi) is 4.22. The fraction of sp³-hybridized carbons (Fsp3) is 0.538. The summed E-state index contributed by atoms with van der Waals surface area (Å²) < 4.78 is 47.6. The van der Waals surface area contributed by atoms with Crippen molar-refractivity contribution in [2.75, 3.05) is 19.1 Å². The van der Waals surface area contributed by atoms with Gasteiger partial charge < -0.3 is 5.32 Å². The molecule has 0 aliphatic carbocycles. The summed E-state index contributed by atoms with van der Waals surface area (Å²) >= 11 is 0. The van der Waals surface area contributed by atoms with Crippen molar-refractivity contribution in [3.8, 4) is 0 Å². The fourth-order valence-corrected chi connectivity index (χ4v) is 5.39. The zero-order valence-electron chi connectivity index (χ0n) is 11.6. The van der Waals surface area contributed by atoms with Gasteiger partial charge in [-0.25, -0.2) is 16.8 Å². The van der Waals surface area contributed by atoms with Gasteiger partial charge in [-0.2, -0.15) is 0 Å². The van der Waals surface area contributed by atoms with Crippen molar-refractivity contribution in [3.63, 3.8) is 0 Å². The van der Waals surface area contributed by atoms with Crippen molar-refractivity contribution in [1.29, 1.82) is 0 Å². The van der Waals surface area contributed by atoms with E-state index in [-0.39, 0.29) is 15.8 Å². The fourth-order valence-electron chi connectivity index (χ4n) is 2.63. The molecule has 2 rings (SSSR count). The largest absolute Gasteiger partial charge is 0.314 e. The Labute approximate surface area is 120 Å². The molecule has 1 aliphatic heterocycles. The van der Waals surface area contributed by atoms with Crippen molar-refractivity contribution >= 4 is 19.7 Å². The average Bonchev–Trinajstić information content (AvgIpc) is 2.79. The van der Waals surface area contributed by atoms with Crippen LogP contribution in [0.25, 0.3) is 0 Å². The van der Waals surface area contributed by atoms with E-state index in [1.165, 1.54) is 6.07 Å². The Balaban J connectivity index is 2.56. The molecule has 0 saturated carbocycles. The summed E-state index contributed by atoms with van der Waals surface area (Å²) in [4.78, 5) is -0.147. The zero-order chi connectivity index (χ0) is 15.0. The molecule has 1 unspecified atom stereocenters. The molecule has 0 aromatic heterocycles. The maximum absolute atomic E-state index is 12.0. The van der Waals surface area contributed by atoms with Crippen LogP contribution >= 0.6 is 0 Å². The second-order valence-corrected chi connectivity index (χ2v) is 9.22. The minimum Gasteiger partial charge on any atom is -0.314 e. The Morgan fingerprint density at radius 3 is 2.35 bits per heavy atom. The van der Waals surface area contributed by atoms with Gasteiger partial charge in [0.25, 0.3) is 0 Å². The van der Waals surface area contributed by atoms with Crippen molar-refractivity contribution in [2.45, 2.75) is 35.1 Å². The predicted molar refractivity (Wildman–Crippen MR) is 77.4 cm³/mol. The van der Waals surface area contributed by atoms with Gasteiger partial charge in [-0.1, -0.05) is 12.1 Å². The highest BCUT2D eigenvalue weighted by atomic mass is 32.2. The van der Waals surface area contributed by atoms with Crippen LogP contribution in [0.3, 0.4) is 0 Å². The van der Waals surface area contributed by atoms with Crippen LogP contribution in [0.4, 0.5) is 0 Å². The highest BCUT2D eigenvalue weighted by Gasteiger charge is 2.26. The number of hydrogen-bond donors (Lipinski definition) is 1. The van der Waals surface area contributed by atoms with E-state index in [0.717, 1.165) is 31.9 Å². The molecule has 7 heteroatoms. The Bertz CT molecular complexity index is 702. The summed E-state index contributed by atoms with van der Waals surface area (Å²) in [5.74, 6) is 0. The van der Waals surface area contributed by atoms with Crippen LogP contribution in [0.15, 0.2) is 28.0 Å². The molecule has 1 fully saturated rings. The minimum absolute atomic E-state index is 0.0452. The SMILES string of the molecule is CS(=O)(=O)c1cccc(CC2CCCN2)c1S(C)(=O)=O. The maximum atomic E-state index is 12.0. The third-order valence-corrected chi connectivity index (χ3v) is 5.95. The molecule has 0 spiro atoms. The molecule has 1 N–H and O–H groups in total. The first-order chi connectivity index (χ1) is 9.19. The van der Waals surface area contributed by atoms with Gasteiger partial charge in [-0.05, 0) is 37.4 Å². The molecule has 1 aliphatic rings. The maximum Gasteiger partial charge on any atom is 0.177 e. The van der Waals surface area contributed by atoms with E-state index in [9.17, 15) is 16.8 Å². The van der Waals surface area contributed by atoms with Crippen molar-refractivity contribution < 1.29 is 16.8 Å². The molecule has 0 radical (unpaired) electrons. The summed E-state index contributed by atoms with van der Waals surface area (Å²) in [6, 6.07) is 4.88. The average molecular weight is 317 g/mol. The molecular formula is C13H19NO4S2. The highest BCUT2D eigenvalue weighted by Crippen LogP contribution is 2.27. The van der Waals surface area contributed by atoms with Crippen molar-refractivity contribution in [3.05, 3.63) is 23.8 Å². The Hall–Kier alpha value is -0.920. The Morgan fingerprint density at radius 1 is 1.15 bits per heavy atom. The summed E-state index contributed by atoms with van der Waals surface area (Å²) in [6.45, 7) is 0.921. The second-order valence-electron chi connectivity index (χ2n) is 5.29. The number of sulfone groups is 2. The normalized spacial score (nSPS) is 20.2. The van der Waals surface area contributed by atoms with Crippen molar-refractivity contribution in [1.82, 2.24) is 5.32 Å². The standard InChI is InChI=1S/C13H19NO4S2/c1-19(15,16)12-7-3-5-10(13(12)20(2,17)18)9-11-6-4-8-14-11/h3,5,7,11,14H,4,6,8-9H2,1-2H3. The van der Waals surface area contributed by atoms with Crippen LogP contribution in [0, 0.1) is 0 Å².